The number of carbonyl (C=O) groups excluding carboxylic acids is 1. The Morgan fingerprint density at radius 1 is 1.31 bits per heavy atom. The molecule has 1 amide bonds. The maximum Gasteiger partial charge on any atom is 0.228 e. The average molecular weight is 512 g/mol. The number of nitrogens with zero attached hydrogens (tertiary/aromatic N) is 1. The van der Waals surface area contributed by atoms with Crippen LogP contribution in [0.3, 0.4) is 0 Å². The Kier molecular flexibility index (Phi) is 7.50. The summed E-state index contributed by atoms with van der Waals surface area (Å²) in [5.74, 6) is 0.929. The second kappa shape index (κ2) is 10.9. The standard InChI is InChI=1S/C27H30FN3O4S/c1-27(16-25(32)31-26-29-10-12-36-26)22-15-24(35-20-7-4-5-19(28)14-20)23(13-18(22)8-9-30-27)34-17-21-6-2-3-11-33-21/h4-5,7,10,12-15,21,30H,2-3,6,8-9,11,16-17H2,1H3,(H,29,31,32)/t21?,27-/m1/s1. The van der Waals surface area contributed by atoms with Crippen molar-refractivity contribution in [2.75, 3.05) is 25.1 Å². The molecule has 1 fully saturated rings. The molecule has 1 unspecified atom stereocenters. The Balaban J connectivity index is 1.43. The number of hydrogen-bond donors (Lipinski definition) is 2. The molecular formula is C27H30FN3O4S. The number of nitrogens with one attached hydrogen (secondary N) is 2. The van der Waals surface area contributed by atoms with Gasteiger partial charge in [-0.2, -0.15) is 0 Å². The van der Waals surface area contributed by atoms with Crippen LogP contribution in [-0.4, -0.2) is 36.8 Å². The second-order valence-corrected chi connectivity index (χ2v) is 10.3. The van der Waals surface area contributed by atoms with Crippen molar-refractivity contribution in [2.45, 2.75) is 50.7 Å². The Morgan fingerprint density at radius 2 is 2.22 bits per heavy atom. The number of aromatic nitrogens is 1. The summed E-state index contributed by atoms with van der Waals surface area (Å²) in [4.78, 5) is 17.0. The van der Waals surface area contributed by atoms with Crippen molar-refractivity contribution in [1.29, 1.82) is 0 Å². The number of carbonyl (C=O) groups is 1. The van der Waals surface area contributed by atoms with Gasteiger partial charge in [-0.1, -0.05) is 6.07 Å². The molecule has 2 N–H and O–H groups in total. The normalized spacial score (nSPS) is 21.4. The molecule has 3 aromatic rings. The minimum absolute atomic E-state index is 0.0401. The van der Waals surface area contributed by atoms with Crippen LogP contribution >= 0.6 is 11.3 Å². The zero-order valence-electron chi connectivity index (χ0n) is 20.2. The van der Waals surface area contributed by atoms with Gasteiger partial charge < -0.3 is 24.8 Å². The number of amides is 1. The van der Waals surface area contributed by atoms with Crippen LogP contribution in [0.25, 0.3) is 0 Å². The van der Waals surface area contributed by atoms with Gasteiger partial charge in [0.25, 0.3) is 0 Å². The topological polar surface area (TPSA) is 81.7 Å². The van der Waals surface area contributed by atoms with Crippen LogP contribution in [0.5, 0.6) is 17.2 Å². The fraction of sp³-hybridized carbons (Fsp3) is 0.407. The van der Waals surface area contributed by atoms with Gasteiger partial charge in [-0.05, 0) is 68.0 Å². The van der Waals surface area contributed by atoms with Gasteiger partial charge in [0.1, 0.15) is 18.2 Å². The summed E-state index contributed by atoms with van der Waals surface area (Å²) >= 11 is 1.38. The highest BCUT2D eigenvalue weighted by Gasteiger charge is 2.35. The van der Waals surface area contributed by atoms with Crippen LogP contribution in [0.2, 0.25) is 0 Å². The molecule has 0 radical (unpaired) electrons. The SMILES string of the molecule is C[C@]1(CC(=O)Nc2nccs2)NCCc2cc(OCC3CCCCO3)c(Oc3cccc(F)c3)cc21. The van der Waals surface area contributed by atoms with E-state index in [-0.39, 0.29) is 24.2 Å². The van der Waals surface area contributed by atoms with Crippen LogP contribution in [0, 0.1) is 5.82 Å². The first-order valence-electron chi connectivity index (χ1n) is 12.3. The largest absolute Gasteiger partial charge is 0.487 e. The number of ether oxygens (including phenoxy) is 3. The molecule has 0 saturated carbocycles. The molecule has 2 aliphatic heterocycles. The van der Waals surface area contributed by atoms with E-state index >= 15 is 0 Å². The van der Waals surface area contributed by atoms with E-state index in [1.807, 2.05) is 24.4 Å². The molecule has 190 valence electrons. The fourth-order valence-corrected chi connectivity index (χ4v) is 5.33. The average Bonchev–Trinajstić information content (AvgIpc) is 3.37. The third-order valence-electron chi connectivity index (χ3n) is 6.59. The highest BCUT2D eigenvalue weighted by Crippen LogP contribution is 2.41. The molecule has 9 heteroatoms. The third-order valence-corrected chi connectivity index (χ3v) is 7.28. The van der Waals surface area contributed by atoms with E-state index in [2.05, 4.69) is 15.6 Å². The lowest BCUT2D eigenvalue weighted by molar-refractivity contribution is -0.117. The van der Waals surface area contributed by atoms with Crippen molar-refractivity contribution in [2.24, 2.45) is 0 Å². The molecule has 0 bridgehead atoms. The van der Waals surface area contributed by atoms with E-state index < -0.39 is 5.54 Å². The summed E-state index contributed by atoms with van der Waals surface area (Å²) < 4.78 is 32.1. The van der Waals surface area contributed by atoms with Gasteiger partial charge in [-0.3, -0.25) is 4.79 Å². The van der Waals surface area contributed by atoms with Gasteiger partial charge in [0, 0.05) is 42.8 Å². The van der Waals surface area contributed by atoms with Crippen molar-refractivity contribution >= 4 is 22.4 Å². The van der Waals surface area contributed by atoms with Crippen LogP contribution < -0.4 is 20.1 Å². The lowest BCUT2D eigenvalue weighted by Gasteiger charge is -2.37. The fourth-order valence-electron chi connectivity index (χ4n) is 4.79. The van der Waals surface area contributed by atoms with E-state index in [1.54, 1.807) is 18.3 Å². The van der Waals surface area contributed by atoms with E-state index in [0.29, 0.717) is 29.0 Å². The number of thiazole rings is 1. The number of anilines is 1. The van der Waals surface area contributed by atoms with Gasteiger partial charge in [0.15, 0.2) is 16.6 Å². The second-order valence-electron chi connectivity index (χ2n) is 9.39. The van der Waals surface area contributed by atoms with Gasteiger partial charge in [-0.15, -0.1) is 11.3 Å². The lowest BCUT2D eigenvalue weighted by Crippen LogP contribution is -2.47. The molecule has 0 spiro atoms. The van der Waals surface area contributed by atoms with Crippen molar-refractivity contribution in [3.63, 3.8) is 0 Å². The molecular weight excluding hydrogens is 481 g/mol. The predicted molar refractivity (Wildman–Crippen MR) is 136 cm³/mol. The summed E-state index contributed by atoms with van der Waals surface area (Å²) in [7, 11) is 0. The van der Waals surface area contributed by atoms with Crippen LogP contribution in [0.15, 0.2) is 48.0 Å². The first-order chi connectivity index (χ1) is 17.5. The van der Waals surface area contributed by atoms with Gasteiger partial charge >= 0.3 is 0 Å². The van der Waals surface area contributed by atoms with Crippen LogP contribution in [0.1, 0.15) is 43.7 Å². The molecule has 7 nitrogen and oxygen atoms in total. The van der Waals surface area contributed by atoms with Crippen molar-refractivity contribution < 1.29 is 23.4 Å². The minimum atomic E-state index is -0.625. The molecule has 2 atom stereocenters. The summed E-state index contributed by atoms with van der Waals surface area (Å²) in [5, 5.41) is 8.78. The third kappa shape index (κ3) is 5.86. The van der Waals surface area contributed by atoms with Gasteiger partial charge in [0.2, 0.25) is 5.91 Å². The van der Waals surface area contributed by atoms with Gasteiger partial charge in [0.05, 0.1) is 6.10 Å². The minimum Gasteiger partial charge on any atom is -0.487 e. The van der Waals surface area contributed by atoms with E-state index in [9.17, 15) is 9.18 Å². The summed E-state index contributed by atoms with van der Waals surface area (Å²) in [5.41, 5.74) is 1.42. The Morgan fingerprint density at radius 3 is 3.00 bits per heavy atom. The molecule has 3 heterocycles. The lowest BCUT2D eigenvalue weighted by atomic mass is 9.81. The van der Waals surface area contributed by atoms with Crippen LogP contribution in [-0.2, 0) is 21.5 Å². The maximum absolute atomic E-state index is 13.9. The number of benzene rings is 2. The van der Waals surface area contributed by atoms with Crippen molar-refractivity contribution in [3.8, 4) is 17.2 Å². The summed E-state index contributed by atoms with van der Waals surface area (Å²) in [6, 6.07) is 9.93. The molecule has 0 aliphatic carbocycles. The molecule has 36 heavy (non-hydrogen) atoms. The summed E-state index contributed by atoms with van der Waals surface area (Å²) in [6.07, 6.45) is 5.86. The molecule has 1 saturated heterocycles. The Bertz CT molecular complexity index is 1200. The zero-order chi connectivity index (χ0) is 25.0. The monoisotopic (exact) mass is 511 g/mol. The van der Waals surface area contributed by atoms with Crippen molar-refractivity contribution in [1.82, 2.24) is 10.3 Å². The maximum atomic E-state index is 13.9. The Labute approximate surface area is 214 Å². The quantitative estimate of drug-likeness (QED) is 0.421. The molecule has 2 aliphatic rings. The predicted octanol–water partition coefficient (Wildman–Crippen LogP) is 5.41. The first kappa shape index (κ1) is 24.7. The number of hydrogen-bond acceptors (Lipinski definition) is 7. The zero-order valence-corrected chi connectivity index (χ0v) is 21.0. The van der Waals surface area contributed by atoms with Crippen LogP contribution in [0.4, 0.5) is 9.52 Å². The van der Waals surface area contributed by atoms with E-state index in [4.69, 9.17) is 14.2 Å². The summed E-state index contributed by atoms with van der Waals surface area (Å²) in [6.45, 7) is 3.90. The van der Waals surface area contributed by atoms with Crippen molar-refractivity contribution in [3.05, 3.63) is 64.9 Å². The number of halogens is 1. The van der Waals surface area contributed by atoms with E-state index in [1.165, 1.54) is 23.5 Å². The molecule has 5 rings (SSSR count). The molecule has 1 aromatic heterocycles. The highest BCUT2D eigenvalue weighted by molar-refractivity contribution is 7.13. The first-order valence-corrected chi connectivity index (χ1v) is 13.2. The Hall–Kier alpha value is -3.01. The smallest absolute Gasteiger partial charge is 0.228 e. The molecule has 2 aromatic carbocycles. The number of fused-ring (bicyclic) bond motifs is 1. The van der Waals surface area contributed by atoms with E-state index in [0.717, 1.165) is 50.0 Å². The van der Waals surface area contributed by atoms with Gasteiger partial charge in [-0.25, -0.2) is 9.37 Å². The highest BCUT2D eigenvalue weighted by atomic mass is 32.1. The number of rotatable bonds is 8.